The topological polar surface area (TPSA) is 107 Å². The predicted molar refractivity (Wildman–Crippen MR) is 74.3 cm³/mol. The zero-order valence-corrected chi connectivity index (χ0v) is 11.6. The third kappa shape index (κ3) is 3.35. The molecule has 0 saturated carbocycles. The number of nitrogens with two attached hydrogens (primary N) is 1. The molecule has 0 aromatic heterocycles. The quantitative estimate of drug-likeness (QED) is 0.447. The fourth-order valence-electron chi connectivity index (χ4n) is 1.03. The number of ether oxygens (including phenoxy) is 1. The molecular weight excluding hydrogens is 322 g/mol. The summed E-state index contributed by atoms with van der Waals surface area (Å²) in [5.41, 5.74) is 8.06. The molecule has 4 N–H and O–H groups in total. The molecule has 1 aromatic carbocycles. The van der Waals surface area contributed by atoms with E-state index in [1.807, 2.05) is 0 Å². The number of amidine groups is 1. The van der Waals surface area contributed by atoms with Gasteiger partial charge in [-0.05, 0) is 28.1 Å². The van der Waals surface area contributed by atoms with E-state index in [-0.39, 0.29) is 5.71 Å². The normalized spacial score (nSPS) is 10.7. The van der Waals surface area contributed by atoms with Crippen molar-refractivity contribution in [3.05, 3.63) is 21.6 Å². The van der Waals surface area contributed by atoms with E-state index < -0.39 is 5.84 Å². The molecule has 0 aliphatic carbocycles. The molecule has 0 atom stereocenters. The van der Waals surface area contributed by atoms with Crippen molar-refractivity contribution in [2.75, 3.05) is 12.5 Å². The second-order valence-electron chi connectivity index (χ2n) is 3.06. The second kappa shape index (κ2) is 6.23. The highest BCUT2D eigenvalue weighted by molar-refractivity contribution is 9.10. The van der Waals surface area contributed by atoms with Crippen molar-refractivity contribution < 1.29 is 4.74 Å². The fourth-order valence-corrected chi connectivity index (χ4v) is 1.68. The first kappa shape index (κ1) is 14.3. The summed E-state index contributed by atoms with van der Waals surface area (Å²) in [7, 11) is 1.50. The van der Waals surface area contributed by atoms with Gasteiger partial charge in [0.05, 0.1) is 17.8 Å². The lowest BCUT2D eigenvalue weighted by atomic mass is 10.3. The van der Waals surface area contributed by atoms with Gasteiger partial charge in [-0.1, -0.05) is 11.6 Å². The van der Waals surface area contributed by atoms with E-state index in [1.165, 1.54) is 7.11 Å². The number of hydrazone groups is 1. The summed E-state index contributed by atoms with van der Waals surface area (Å²) in [6.07, 6.45) is 0. The molecule has 0 bridgehead atoms. The van der Waals surface area contributed by atoms with Crippen LogP contribution in [0.25, 0.3) is 0 Å². The molecule has 6 nitrogen and oxygen atoms in total. The zero-order valence-electron chi connectivity index (χ0n) is 9.29. The highest BCUT2D eigenvalue weighted by atomic mass is 79.9. The van der Waals surface area contributed by atoms with E-state index in [9.17, 15) is 0 Å². The number of nitrogens with zero attached hydrogens (tertiary/aromatic N) is 2. The molecule has 0 radical (unpaired) electrons. The Bertz CT molecular complexity index is 552. The van der Waals surface area contributed by atoms with Gasteiger partial charge in [0.25, 0.3) is 0 Å². The van der Waals surface area contributed by atoms with Gasteiger partial charge in [0.1, 0.15) is 11.8 Å². The van der Waals surface area contributed by atoms with Crippen LogP contribution in [0.2, 0.25) is 5.02 Å². The lowest BCUT2D eigenvalue weighted by Crippen LogP contribution is -2.21. The number of hydrogen-bond acceptors (Lipinski definition) is 5. The largest absolute Gasteiger partial charge is 0.495 e. The maximum absolute atomic E-state index is 8.68. The van der Waals surface area contributed by atoms with Crippen molar-refractivity contribution in [1.29, 1.82) is 10.7 Å². The molecule has 1 aromatic rings. The van der Waals surface area contributed by atoms with E-state index in [0.717, 1.165) is 0 Å². The standard InChI is InChI=1S/C10H9BrClN5O/c1-18-9-2-5(11)7(3-6(9)12)16-17-8(4-13)10(14)15/h2-3,16H,1H3,(H3,14,15)/b17-8+. The van der Waals surface area contributed by atoms with Crippen molar-refractivity contribution in [3.8, 4) is 11.8 Å². The van der Waals surface area contributed by atoms with Crippen molar-refractivity contribution in [1.82, 2.24) is 0 Å². The summed E-state index contributed by atoms with van der Waals surface area (Å²) in [4.78, 5) is 0. The molecule has 0 spiro atoms. The first-order chi connectivity index (χ1) is 8.49. The Hall–Kier alpha value is -1.78. The van der Waals surface area contributed by atoms with Crippen LogP contribution < -0.4 is 15.9 Å². The number of nitrogens with one attached hydrogen (secondary N) is 2. The molecule has 0 unspecified atom stereocenters. The van der Waals surface area contributed by atoms with Crippen LogP contribution in [0.3, 0.4) is 0 Å². The lowest BCUT2D eigenvalue weighted by molar-refractivity contribution is 0.415. The fraction of sp³-hybridized carbons (Fsp3) is 0.100. The van der Waals surface area contributed by atoms with Gasteiger partial charge in [0.15, 0.2) is 5.84 Å². The zero-order chi connectivity index (χ0) is 13.7. The monoisotopic (exact) mass is 329 g/mol. The SMILES string of the molecule is COc1cc(Br)c(N/N=C(\C#N)C(=N)N)cc1Cl. The van der Waals surface area contributed by atoms with Crippen LogP contribution in [-0.4, -0.2) is 18.7 Å². The molecule has 18 heavy (non-hydrogen) atoms. The van der Waals surface area contributed by atoms with Crippen LogP contribution in [0.4, 0.5) is 5.69 Å². The molecule has 0 heterocycles. The van der Waals surface area contributed by atoms with E-state index >= 15 is 0 Å². The summed E-state index contributed by atoms with van der Waals surface area (Å²) in [6, 6.07) is 4.92. The molecule has 0 fully saturated rings. The van der Waals surface area contributed by atoms with Crippen LogP contribution in [0.1, 0.15) is 0 Å². The number of anilines is 1. The molecule has 0 aliphatic rings. The minimum absolute atomic E-state index is 0.214. The number of benzene rings is 1. The van der Waals surface area contributed by atoms with Gasteiger partial charge in [-0.25, -0.2) is 0 Å². The van der Waals surface area contributed by atoms with Crippen molar-refractivity contribution in [2.24, 2.45) is 10.8 Å². The summed E-state index contributed by atoms with van der Waals surface area (Å²) in [5, 5.41) is 19.9. The number of nitriles is 1. The third-order valence-electron chi connectivity index (χ3n) is 1.89. The third-order valence-corrected chi connectivity index (χ3v) is 2.84. The first-order valence-electron chi connectivity index (χ1n) is 4.60. The molecule has 0 aliphatic heterocycles. The van der Waals surface area contributed by atoms with Crippen molar-refractivity contribution in [2.45, 2.75) is 0 Å². The Kier molecular flexibility index (Phi) is 4.95. The average Bonchev–Trinajstić information content (AvgIpc) is 2.33. The van der Waals surface area contributed by atoms with Gasteiger partial charge in [0.2, 0.25) is 5.71 Å². The summed E-state index contributed by atoms with van der Waals surface area (Å²) in [6.45, 7) is 0. The van der Waals surface area contributed by atoms with E-state index in [0.29, 0.717) is 20.9 Å². The van der Waals surface area contributed by atoms with Gasteiger partial charge in [0, 0.05) is 4.47 Å². The minimum atomic E-state index is -0.416. The van der Waals surface area contributed by atoms with Gasteiger partial charge in [-0.3, -0.25) is 10.8 Å². The Morgan fingerprint density at radius 2 is 2.33 bits per heavy atom. The Balaban J connectivity index is 3.03. The van der Waals surface area contributed by atoms with Crippen LogP contribution >= 0.6 is 27.5 Å². The highest BCUT2D eigenvalue weighted by Gasteiger charge is 2.08. The number of rotatable bonds is 4. The van der Waals surface area contributed by atoms with E-state index in [2.05, 4.69) is 26.5 Å². The number of halogens is 2. The molecule has 0 saturated heterocycles. The summed E-state index contributed by atoms with van der Waals surface area (Å²) in [5.74, 6) is 0.0888. The molecule has 94 valence electrons. The Morgan fingerprint density at radius 3 is 2.83 bits per heavy atom. The van der Waals surface area contributed by atoms with Crippen LogP contribution in [0.15, 0.2) is 21.7 Å². The van der Waals surface area contributed by atoms with Gasteiger partial charge in [-0.15, -0.1) is 0 Å². The summed E-state index contributed by atoms with van der Waals surface area (Å²) >= 11 is 9.24. The molecule has 1 rings (SSSR count). The number of hydrogen-bond donors (Lipinski definition) is 3. The Labute approximate surface area is 117 Å². The van der Waals surface area contributed by atoms with Crippen molar-refractivity contribution in [3.63, 3.8) is 0 Å². The second-order valence-corrected chi connectivity index (χ2v) is 4.33. The maximum atomic E-state index is 8.68. The van der Waals surface area contributed by atoms with Gasteiger partial charge >= 0.3 is 0 Å². The van der Waals surface area contributed by atoms with E-state index in [1.54, 1.807) is 18.2 Å². The average molecular weight is 331 g/mol. The summed E-state index contributed by atoms with van der Waals surface area (Å²) < 4.78 is 5.68. The molecule has 8 heteroatoms. The highest BCUT2D eigenvalue weighted by Crippen LogP contribution is 2.34. The van der Waals surface area contributed by atoms with Gasteiger partial charge in [-0.2, -0.15) is 10.4 Å². The maximum Gasteiger partial charge on any atom is 0.201 e. The van der Waals surface area contributed by atoms with Crippen molar-refractivity contribution >= 4 is 44.8 Å². The molecular formula is C10H9BrClN5O. The van der Waals surface area contributed by atoms with Crippen LogP contribution in [0, 0.1) is 16.7 Å². The Morgan fingerprint density at radius 1 is 1.67 bits per heavy atom. The molecule has 0 amide bonds. The van der Waals surface area contributed by atoms with Crippen LogP contribution in [-0.2, 0) is 0 Å². The minimum Gasteiger partial charge on any atom is -0.495 e. The van der Waals surface area contributed by atoms with E-state index in [4.69, 9.17) is 32.7 Å². The van der Waals surface area contributed by atoms with Crippen LogP contribution in [0.5, 0.6) is 5.75 Å². The predicted octanol–water partition coefficient (Wildman–Crippen LogP) is 2.34. The lowest BCUT2D eigenvalue weighted by Gasteiger charge is -2.08. The number of methoxy groups -OCH3 is 1. The van der Waals surface area contributed by atoms with Gasteiger partial charge < -0.3 is 10.5 Å². The first-order valence-corrected chi connectivity index (χ1v) is 5.78. The smallest absolute Gasteiger partial charge is 0.201 e.